The number of esters is 2. The summed E-state index contributed by atoms with van der Waals surface area (Å²) in [6.45, 7) is 8.44. The van der Waals surface area contributed by atoms with E-state index < -0.39 is 17.9 Å². The molecule has 0 aliphatic rings. The molecule has 0 aliphatic heterocycles. The number of hydrogen-bond donors (Lipinski definition) is 0. The summed E-state index contributed by atoms with van der Waals surface area (Å²) in [4.78, 5) is 23.6. The quantitative estimate of drug-likeness (QED) is 0.294. The predicted octanol–water partition coefficient (Wildman–Crippen LogP) is 1.95. The second-order valence-electron chi connectivity index (χ2n) is 4.40. The van der Waals surface area contributed by atoms with Gasteiger partial charge in [0.15, 0.2) is 5.92 Å². The molecule has 0 unspecified atom stereocenters. The Morgan fingerprint density at radius 1 is 0.762 bits per heavy atom. The van der Waals surface area contributed by atoms with Crippen LogP contribution in [0.1, 0.15) is 40.0 Å². The first-order valence-electron chi connectivity index (χ1n) is 7.66. The van der Waals surface area contributed by atoms with E-state index in [1.54, 1.807) is 6.92 Å². The molecule has 0 rings (SSSR count). The minimum atomic E-state index is -0.843. The van der Waals surface area contributed by atoms with Crippen molar-refractivity contribution in [2.24, 2.45) is 5.92 Å². The van der Waals surface area contributed by atoms with Gasteiger partial charge in [0.05, 0.1) is 13.2 Å². The van der Waals surface area contributed by atoms with Crippen LogP contribution in [0.5, 0.6) is 0 Å². The molecule has 0 spiro atoms. The fraction of sp³-hybridized carbons (Fsp3) is 0.867. The highest BCUT2D eigenvalue weighted by atomic mass is 16.6. The molecule has 0 atom stereocenters. The average molecular weight is 304 g/mol. The second kappa shape index (κ2) is 13.8. The molecule has 0 fully saturated rings. The highest BCUT2D eigenvalue weighted by Crippen LogP contribution is 2.09. The van der Waals surface area contributed by atoms with Crippen molar-refractivity contribution in [2.75, 3.05) is 39.6 Å². The maximum absolute atomic E-state index is 11.8. The van der Waals surface area contributed by atoms with E-state index >= 15 is 0 Å². The minimum Gasteiger partial charge on any atom is -0.465 e. The van der Waals surface area contributed by atoms with Crippen molar-refractivity contribution < 1.29 is 28.5 Å². The molecule has 0 aromatic rings. The van der Waals surface area contributed by atoms with E-state index in [4.69, 9.17) is 18.9 Å². The summed E-state index contributed by atoms with van der Waals surface area (Å²) in [5.74, 6) is -1.89. The van der Waals surface area contributed by atoms with E-state index in [2.05, 4.69) is 0 Å². The standard InChI is InChI=1S/C15H28O6/c1-4-13(14(16)20-11-7-9-18-5-2)15(17)21-12-8-10-19-6-3/h13H,4-12H2,1-3H3. The maximum atomic E-state index is 11.8. The van der Waals surface area contributed by atoms with Gasteiger partial charge < -0.3 is 18.9 Å². The molecular formula is C15H28O6. The van der Waals surface area contributed by atoms with Crippen molar-refractivity contribution in [1.29, 1.82) is 0 Å². The Morgan fingerprint density at radius 2 is 1.19 bits per heavy atom. The van der Waals surface area contributed by atoms with Gasteiger partial charge in [-0.25, -0.2) is 0 Å². The largest absolute Gasteiger partial charge is 0.465 e. The molecule has 124 valence electrons. The van der Waals surface area contributed by atoms with Gasteiger partial charge in [-0.1, -0.05) is 6.92 Å². The van der Waals surface area contributed by atoms with Crippen molar-refractivity contribution in [3.05, 3.63) is 0 Å². The monoisotopic (exact) mass is 304 g/mol. The lowest BCUT2D eigenvalue weighted by atomic mass is 10.1. The lowest BCUT2D eigenvalue weighted by Gasteiger charge is -2.13. The van der Waals surface area contributed by atoms with Crippen LogP contribution in [-0.2, 0) is 28.5 Å². The van der Waals surface area contributed by atoms with Crippen molar-refractivity contribution in [2.45, 2.75) is 40.0 Å². The van der Waals surface area contributed by atoms with Gasteiger partial charge in [0.1, 0.15) is 0 Å². The molecule has 0 saturated carbocycles. The lowest BCUT2D eigenvalue weighted by Crippen LogP contribution is -2.28. The number of hydrogen-bond acceptors (Lipinski definition) is 6. The number of carbonyl (C=O) groups excluding carboxylic acids is 2. The van der Waals surface area contributed by atoms with E-state index in [0.29, 0.717) is 45.7 Å². The molecule has 6 heteroatoms. The molecule has 0 aromatic carbocycles. The zero-order valence-electron chi connectivity index (χ0n) is 13.4. The van der Waals surface area contributed by atoms with Gasteiger partial charge in [-0.05, 0) is 20.3 Å². The fourth-order valence-corrected chi connectivity index (χ4v) is 1.59. The van der Waals surface area contributed by atoms with E-state index in [9.17, 15) is 9.59 Å². The van der Waals surface area contributed by atoms with Gasteiger partial charge in [0, 0.05) is 39.3 Å². The molecule has 21 heavy (non-hydrogen) atoms. The lowest BCUT2D eigenvalue weighted by molar-refractivity contribution is -0.162. The Bertz CT molecular complexity index is 253. The maximum Gasteiger partial charge on any atom is 0.320 e. The molecule has 0 bridgehead atoms. The SMILES string of the molecule is CCOCCCOC(=O)C(CC)C(=O)OCCCOCC. The molecular weight excluding hydrogens is 276 g/mol. The van der Waals surface area contributed by atoms with Gasteiger partial charge in [-0.15, -0.1) is 0 Å². The Balaban J connectivity index is 3.88. The molecule has 6 nitrogen and oxygen atoms in total. The molecule has 0 aromatic heterocycles. The van der Waals surface area contributed by atoms with Crippen molar-refractivity contribution >= 4 is 11.9 Å². The normalized spacial score (nSPS) is 10.7. The Labute approximate surface area is 127 Å². The molecule has 0 heterocycles. The number of carbonyl (C=O) groups is 2. The van der Waals surface area contributed by atoms with E-state index in [0.717, 1.165) is 0 Å². The summed E-state index contributed by atoms with van der Waals surface area (Å²) in [5.41, 5.74) is 0. The van der Waals surface area contributed by atoms with E-state index in [-0.39, 0.29) is 13.2 Å². The predicted molar refractivity (Wildman–Crippen MR) is 77.9 cm³/mol. The summed E-state index contributed by atoms with van der Waals surface area (Å²) in [7, 11) is 0. The number of rotatable bonds is 13. The average Bonchev–Trinajstić information content (AvgIpc) is 2.47. The first kappa shape index (κ1) is 19.9. The molecule has 0 aliphatic carbocycles. The summed E-state index contributed by atoms with van der Waals surface area (Å²) in [5, 5.41) is 0. The number of ether oxygens (including phenoxy) is 4. The summed E-state index contributed by atoms with van der Waals surface area (Å²) in [6, 6.07) is 0. The second-order valence-corrected chi connectivity index (χ2v) is 4.40. The molecule has 0 amide bonds. The zero-order valence-corrected chi connectivity index (χ0v) is 13.4. The van der Waals surface area contributed by atoms with Crippen molar-refractivity contribution in [3.8, 4) is 0 Å². The highest BCUT2D eigenvalue weighted by molar-refractivity contribution is 5.94. The van der Waals surface area contributed by atoms with Crippen LogP contribution in [0.4, 0.5) is 0 Å². The van der Waals surface area contributed by atoms with Crippen LogP contribution in [0, 0.1) is 5.92 Å². The third-order valence-electron chi connectivity index (χ3n) is 2.74. The van der Waals surface area contributed by atoms with Gasteiger partial charge in [-0.3, -0.25) is 9.59 Å². The van der Waals surface area contributed by atoms with Crippen molar-refractivity contribution in [3.63, 3.8) is 0 Å². The van der Waals surface area contributed by atoms with Crippen molar-refractivity contribution in [1.82, 2.24) is 0 Å². The zero-order chi connectivity index (χ0) is 15.9. The van der Waals surface area contributed by atoms with Crippen LogP contribution in [-0.4, -0.2) is 51.6 Å². The molecule has 0 radical (unpaired) electrons. The van der Waals surface area contributed by atoms with Crippen LogP contribution in [0.3, 0.4) is 0 Å². The summed E-state index contributed by atoms with van der Waals surface area (Å²) >= 11 is 0. The molecule has 0 saturated heterocycles. The topological polar surface area (TPSA) is 71.1 Å². The van der Waals surface area contributed by atoms with Gasteiger partial charge in [0.25, 0.3) is 0 Å². The van der Waals surface area contributed by atoms with Crippen LogP contribution in [0.2, 0.25) is 0 Å². The van der Waals surface area contributed by atoms with Gasteiger partial charge in [0.2, 0.25) is 0 Å². The van der Waals surface area contributed by atoms with Gasteiger partial charge in [-0.2, -0.15) is 0 Å². The van der Waals surface area contributed by atoms with E-state index in [1.807, 2.05) is 13.8 Å². The Kier molecular flexibility index (Phi) is 13.1. The fourth-order valence-electron chi connectivity index (χ4n) is 1.59. The molecule has 0 N–H and O–H groups in total. The Hall–Kier alpha value is -1.14. The minimum absolute atomic E-state index is 0.257. The smallest absolute Gasteiger partial charge is 0.320 e. The van der Waals surface area contributed by atoms with Crippen LogP contribution >= 0.6 is 0 Å². The van der Waals surface area contributed by atoms with E-state index in [1.165, 1.54) is 0 Å². The van der Waals surface area contributed by atoms with Crippen LogP contribution in [0.25, 0.3) is 0 Å². The van der Waals surface area contributed by atoms with Crippen LogP contribution in [0.15, 0.2) is 0 Å². The van der Waals surface area contributed by atoms with Crippen LogP contribution < -0.4 is 0 Å². The third-order valence-corrected chi connectivity index (χ3v) is 2.74. The first-order chi connectivity index (χ1) is 10.2. The summed E-state index contributed by atoms with van der Waals surface area (Å²) in [6.07, 6.45) is 1.62. The third kappa shape index (κ3) is 10.3. The van der Waals surface area contributed by atoms with Gasteiger partial charge >= 0.3 is 11.9 Å². The first-order valence-corrected chi connectivity index (χ1v) is 7.66. The summed E-state index contributed by atoms with van der Waals surface area (Å²) < 4.78 is 20.4. The Morgan fingerprint density at radius 3 is 1.52 bits per heavy atom. The highest BCUT2D eigenvalue weighted by Gasteiger charge is 2.27.